The number of nitrogens with one attached hydrogen (secondary N) is 2. The fraction of sp³-hybridized carbons (Fsp3) is 0.182. The molecule has 0 bridgehead atoms. The summed E-state index contributed by atoms with van der Waals surface area (Å²) in [7, 11) is 0. The first-order valence-electron chi connectivity index (χ1n) is 5.19. The first kappa shape index (κ1) is 12.7. The van der Waals surface area contributed by atoms with Gasteiger partial charge in [0.15, 0.2) is 0 Å². The smallest absolute Gasteiger partial charge is 0.251 e. The highest BCUT2D eigenvalue weighted by molar-refractivity contribution is 9.10. The van der Waals surface area contributed by atoms with Gasteiger partial charge in [0.05, 0.1) is 10.5 Å². The number of rotatable bonds is 3. The summed E-state index contributed by atoms with van der Waals surface area (Å²) in [5.74, 6) is -0.154. The van der Waals surface area contributed by atoms with Crippen LogP contribution < -0.4 is 5.32 Å². The molecule has 0 aliphatic heterocycles. The van der Waals surface area contributed by atoms with Gasteiger partial charge in [-0.1, -0.05) is 0 Å². The van der Waals surface area contributed by atoms with Crippen LogP contribution in [0.1, 0.15) is 29.1 Å². The number of amides is 1. The van der Waals surface area contributed by atoms with E-state index in [0.717, 1.165) is 0 Å². The molecule has 1 atom stereocenters. The Hall–Kier alpha value is -1.76. The molecule has 1 unspecified atom stereocenters. The van der Waals surface area contributed by atoms with Gasteiger partial charge in [-0.3, -0.25) is 9.89 Å². The van der Waals surface area contributed by atoms with E-state index in [1.54, 1.807) is 6.92 Å². The molecule has 94 valence electrons. The van der Waals surface area contributed by atoms with Gasteiger partial charge in [-0.2, -0.15) is 5.10 Å². The SMILES string of the molecule is CC(NC(=O)c1ccc(F)c(Br)c1)c1ncn[nH]1. The Morgan fingerprint density at radius 3 is 2.94 bits per heavy atom. The Kier molecular flexibility index (Phi) is 3.71. The van der Waals surface area contributed by atoms with Gasteiger partial charge in [0.25, 0.3) is 5.91 Å². The number of benzene rings is 1. The van der Waals surface area contributed by atoms with E-state index < -0.39 is 5.82 Å². The maximum absolute atomic E-state index is 13.0. The quantitative estimate of drug-likeness (QED) is 0.912. The Bertz CT molecular complexity index is 558. The minimum absolute atomic E-state index is 0.252. The fourth-order valence-electron chi connectivity index (χ4n) is 1.41. The second-order valence-electron chi connectivity index (χ2n) is 3.69. The van der Waals surface area contributed by atoms with Gasteiger partial charge in [-0.05, 0) is 41.1 Å². The second-order valence-corrected chi connectivity index (χ2v) is 4.55. The number of hydrogen-bond acceptors (Lipinski definition) is 3. The van der Waals surface area contributed by atoms with Crippen molar-refractivity contribution in [2.45, 2.75) is 13.0 Å². The molecule has 1 heterocycles. The molecular weight excluding hydrogens is 303 g/mol. The molecule has 7 heteroatoms. The molecule has 1 aromatic carbocycles. The van der Waals surface area contributed by atoms with Crippen molar-refractivity contribution in [1.82, 2.24) is 20.5 Å². The number of nitrogens with zero attached hydrogens (tertiary/aromatic N) is 2. The van der Waals surface area contributed by atoms with Crippen LogP contribution in [-0.4, -0.2) is 21.1 Å². The van der Waals surface area contributed by atoms with Gasteiger partial charge in [0.2, 0.25) is 0 Å². The first-order valence-corrected chi connectivity index (χ1v) is 5.98. The van der Waals surface area contributed by atoms with Crippen LogP contribution in [0, 0.1) is 5.82 Å². The van der Waals surface area contributed by atoms with Crippen molar-refractivity contribution in [3.8, 4) is 0 Å². The van der Waals surface area contributed by atoms with E-state index in [9.17, 15) is 9.18 Å². The van der Waals surface area contributed by atoms with E-state index >= 15 is 0 Å². The number of H-pyrrole nitrogens is 1. The van der Waals surface area contributed by atoms with Crippen LogP contribution >= 0.6 is 15.9 Å². The van der Waals surface area contributed by atoms with Crippen molar-refractivity contribution in [2.24, 2.45) is 0 Å². The lowest BCUT2D eigenvalue weighted by molar-refractivity contribution is 0.0938. The molecule has 0 radical (unpaired) electrons. The Morgan fingerprint density at radius 2 is 2.33 bits per heavy atom. The minimum Gasteiger partial charge on any atom is -0.342 e. The van der Waals surface area contributed by atoms with E-state index in [2.05, 4.69) is 36.4 Å². The number of carbonyl (C=O) groups excluding carboxylic acids is 1. The summed E-state index contributed by atoms with van der Waals surface area (Å²) in [5.41, 5.74) is 0.370. The third-order valence-electron chi connectivity index (χ3n) is 2.37. The van der Waals surface area contributed by atoms with Crippen molar-refractivity contribution in [3.63, 3.8) is 0 Å². The van der Waals surface area contributed by atoms with Crippen molar-refractivity contribution in [2.75, 3.05) is 0 Å². The summed E-state index contributed by atoms with van der Waals surface area (Å²) >= 11 is 3.04. The highest BCUT2D eigenvalue weighted by Gasteiger charge is 2.14. The Morgan fingerprint density at radius 1 is 1.56 bits per heavy atom. The van der Waals surface area contributed by atoms with E-state index in [4.69, 9.17) is 0 Å². The Labute approximate surface area is 111 Å². The van der Waals surface area contributed by atoms with Crippen LogP contribution in [0.25, 0.3) is 0 Å². The standard InChI is InChI=1S/C11H10BrFN4O/c1-6(10-14-5-15-17-10)16-11(18)7-2-3-9(13)8(12)4-7/h2-6H,1H3,(H,16,18)(H,14,15,17). The average Bonchev–Trinajstić information content (AvgIpc) is 2.86. The molecule has 2 aromatic rings. The van der Waals surface area contributed by atoms with Crippen molar-refractivity contribution in [3.05, 3.63) is 46.2 Å². The zero-order valence-corrected chi connectivity index (χ0v) is 11.0. The summed E-state index contributed by atoms with van der Waals surface area (Å²) in [6, 6.07) is 3.78. The zero-order valence-electron chi connectivity index (χ0n) is 9.45. The van der Waals surface area contributed by atoms with Crippen molar-refractivity contribution >= 4 is 21.8 Å². The van der Waals surface area contributed by atoms with Crippen LogP contribution in [0.15, 0.2) is 29.0 Å². The molecule has 0 saturated heterocycles. The monoisotopic (exact) mass is 312 g/mol. The molecule has 2 rings (SSSR count). The lowest BCUT2D eigenvalue weighted by Crippen LogP contribution is -2.27. The summed E-state index contributed by atoms with van der Waals surface area (Å²) in [6.45, 7) is 1.77. The summed E-state index contributed by atoms with van der Waals surface area (Å²) < 4.78 is 13.3. The summed E-state index contributed by atoms with van der Waals surface area (Å²) in [6.07, 6.45) is 1.37. The highest BCUT2D eigenvalue weighted by atomic mass is 79.9. The summed E-state index contributed by atoms with van der Waals surface area (Å²) in [4.78, 5) is 15.8. The normalized spacial score (nSPS) is 12.2. The van der Waals surface area contributed by atoms with Crippen molar-refractivity contribution < 1.29 is 9.18 Å². The van der Waals surface area contributed by atoms with Crippen LogP contribution in [0.3, 0.4) is 0 Å². The van der Waals surface area contributed by atoms with Crippen LogP contribution in [0.2, 0.25) is 0 Å². The van der Waals surface area contributed by atoms with E-state index in [1.165, 1.54) is 24.5 Å². The number of halogens is 2. The molecule has 1 aromatic heterocycles. The van der Waals surface area contributed by atoms with Crippen LogP contribution in [-0.2, 0) is 0 Å². The fourth-order valence-corrected chi connectivity index (χ4v) is 1.79. The third-order valence-corrected chi connectivity index (χ3v) is 2.98. The molecule has 0 spiro atoms. The van der Waals surface area contributed by atoms with Gasteiger partial charge in [0.1, 0.15) is 18.0 Å². The van der Waals surface area contributed by atoms with Gasteiger partial charge < -0.3 is 5.32 Å². The largest absolute Gasteiger partial charge is 0.342 e. The predicted octanol–water partition coefficient (Wildman–Crippen LogP) is 2.20. The third kappa shape index (κ3) is 2.73. The molecule has 0 fully saturated rings. The molecule has 0 saturated carbocycles. The Balaban J connectivity index is 2.10. The second kappa shape index (κ2) is 5.26. The zero-order chi connectivity index (χ0) is 13.1. The molecule has 1 amide bonds. The lowest BCUT2D eigenvalue weighted by Gasteiger charge is -2.11. The number of hydrogen-bond donors (Lipinski definition) is 2. The van der Waals surface area contributed by atoms with E-state index in [-0.39, 0.29) is 16.4 Å². The van der Waals surface area contributed by atoms with Crippen LogP contribution in [0.4, 0.5) is 4.39 Å². The average molecular weight is 313 g/mol. The van der Waals surface area contributed by atoms with Crippen molar-refractivity contribution in [1.29, 1.82) is 0 Å². The predicted molar refractivity (Wildman–Crippen MR) is 66.4 cm³/mol. The topological polar surface area (TPSA) is 70.7 Å². The lowest BCUT2D eigenvalue weighted by atomic mass is 10.2. The molecule has 18 heavy (non-hydrogen) atoms. The van der Waals surface area contributed by atoms with E-state index in [1.807, 2.05) is 0 Å². The van der Waals surface area contributed by atoms with E-state index in [0.29, 0.717) is 11.4 Å². The number of aromatic nitrogens is 3. The molecule has 0 aliphatic carbocycles. The van der Waals surface area contributed by atoms with Gasteiger partial charge in [0, 0.05) is 5.56 Å². The molecule has 2 N–H and O–H groups in total. The highest BCUT2D eigenvalue weighted by Crippen LogP contribution is 2.17. The molecule has 5 nitrogen and oxygen atoms in total. The molecular formula is C11H10BrFN4O. The summed E-state index contributed by atoms with van der Waals surface area (Å²) in [5, 5.41) is 9.10. The maximum Gasteiger partial charge on any atom is 0.251 e. The molecule has 0 aliphatic rings. The first-order chi connectivity index (χ1) is 8.58. The van der Waals surface area contributed by atoms with Crippen LogP contribution in [0.5, 0.6) is 0 Å². The van der Waals surface area contributed by atoms with Gasteiger partial charge in [-0.25, -0.2) is 9.37 Å². The number of aromatic amines is 1. The maximum atomic E-state index is 13.0. The minimum atomic E-state index is -0.408. The number of carbonyl (C=O) groups is 1. The van der Waals surface area contributed by atoms with Gasteiger partial charge in [-0.15, -0.1) is 0 Å². The van der Waals surface area contributed by atoms with Gasteiger partial charge >= 0.3 is 0 Å².